The lowest BCUT2D eigenvalue weighted by atomic mass is 9.98. The fraction of sp³-hybridized carbons (Fsp3) is 0.400. The predicted molar refractivity (Wildman–Crippen MR) is 102 cm³/mol. The monoisotopic (exact) mass is 361 g/mol. The summed E-state index contributed by atoms with van der Waals surface area (Å²) < 4.78 is 34.1. The molecule has 1 atom stereocenters. The van der Waals surface area contributed by atoms with Gasteiger partial charge in [0.05, 0.1) is 12.0 Å². The lowest BCUT2D eigenvalue weighted by Crippen LogP contribution is -2.29. The molecule has 2 rings (SSSR count). The standard InChI is InChI=1S/C20H27NO3S/c1-7-18(17-9-8-13(2)10-14(17)3)21-25(22,23)20-12-15(4)19(24-6)11-16(20)5/h8-12,18,21H,7H2,1-6H3. The van der Waals surface area contributed by atoms with Gasteiger partial charge in [0.1, 0.15) is 5.75 Å². The number of rotatable bonds is 6. The van der Waals surface area contributed by atoms with Gasteiger partial charge in [0.2, 0.25) is 10.0 Å². The van der Waals surface area contributed by atoms with Crippen molar-refractivity contribution in [2.24, 2.45) is 0 Å². The summed E-state index contributed by atoms with van der Waals surface area (Å²) in [6.45, 7) is 9.67. The van der Waals surface area contributed by atoms with Crippen LogP contribution < -0.4 is 9.46 Å². The molecule has 4 nitrogen and oxygen atoms in total. The van der Waals surface area contributed by atoms with Crippen LogP contribution in [0.4, 0.5) is 0 Å². The Balaban J connectivity index is 2.41. The van der Waals surface area contributed by atoms with Gasteiger partial charge in [-0.15, -0.1) is 0 Å². The van der Waals surface area contributed by atoms with E-state index in [0.717, 1.165) is 16.7 Å². The van der Waals surface area contributed by atoms with Crippen molar-refractivity contribution in [3.05, 3.63) is 58.1 Å². The van der Waals surface area contributed by atoms with Crippen LogP contribution in [0.25, 0.3) is 0 Å². The number of benzene rings is 2. The molecule has 0 heterocycles. The number of methoxy groups -OCH3 is 1. The lowest BCUT2D eigenvalue weighted by Gasteiger charge is -2.21. The van der Waals surface area contributed by atoms with Crippen molar-refractivity contribution in [1.29, 1.82) is 0 Å². The molecule has 0 bridgehead atoms. The van der Waals surface area contributed by atoms with Gasteiger partial charge in [-0.3, -0.25) is 0 Å². The maximum Gasteiger partial charge on any atom is 0.241 e. The second-order valence-electron chi connectivity index (χ2n) is 6.53. The Morgan fingerprint density at radius 3 is 2.24 bits per heavy atom. The molecule has 1 unspecified atom stereocenters. The molecule has 2 aromatic carbocycles. The zero-order valence-corrected chi connectivity index (χ0v) is 16.6. The summed E-state index contributed by atoms with van der Waals surface area (Å²) in [7, 11) is -2.05. The van der Waals surface area contributed by atoms with Crippen molar-refractivity contribution in [1.82, 2.24) is 4.72 Å². The topological polar surface area (TPSA) is 55.4 Å². The Kier molecular flexibility index (Phi) is 5.91. The molecule has 25 heavy (non-hydrogen) atoms. The molecule has 0 saturated carbocycles. The fourth-order valence-electron chi connectivity index (χ4n) is 3.11. The maximum atomic E-state index is 13.0. The van der Waals surface area contributed by atoms with Crippen LogP contribution in [-0.2, 0) is 10.0 Å². The molecule has 0 saturated heterocycles. The molecule has 0 aliphatic heterocycles. The highest BCUT2D eigenvalue weighted by Crippen LogP contribution is 2.28. The summed E-state index contributed by atoms with van der Waals surface area (Å²) in [5.74, 6) is 0.692. The average molecular weight is 362 g/mol. The van der Waals surface area contributed by atoms with Gasteiger partial charge >= 0.3 is 0 Å². The first-order valence-corrected chi connectivity index (χ1v) is 9.92. The molecule has 0 aliphatic rings. The van der Waals surface area contributed by atoms with Crippen LogP contribution in [0.3, 0.4) is 0 Å². The Morgan fingerprint density at radius 2 is 1.68 bits per heavy atom. The Bertz CT molecular complexity index is 873. The summed E-state index contributed by atoms with van der Waals surface area (Å²) in [6, 6.07) is 9.28. The van der Waals surface area contributed by atoms with E-state index in [2.05, 4.69) is 10.8 Å². The third kappa shape index (κ3) is 4.22. The molecule has 0 radical (unpaired) electrons. The third-order valence-electron chi connectivity index (χ3n) is 4.49. The van der Waals surface area contributed by atoms with Crippen molar-refractivity contribution >= 4 is 10.0 Å². The molecule has 0 aliphatic carbocycles. The maximum absolute atomic E-state index is 13.0. The van der Waals surface area contributed by atoms with E-state index in [1.807, 2.05) is 39.8 Å². The van der Waals surface area contributed by atoms with Crippen LogP contribution in [0.2, 0.25) is 0 Å². The first kappa shape index (κ1) is 19.5. The van der Waals surface area contributed by atoms with E-state index in [0.29, 0.717) is 22.6 Å². The third-order valence-corrected chi connectivity index (χ3v) is 6.10. The lowest BCUT2D eigenvalue weighted by molar-refractivity contribution is 0.411. The Hall–Kier alpha value is -1.85. The molecule has 0 aromatic heterocycles. The summed E-state index contributed by atoms with van der Waals surface area (Å²) >= 11 is 0. The number of sulfonamides is 1. The molecule has 0 fully saturated rings. The number of aryl methyl sites for hydroxylation is 4. The number of nitrogens with one attached hydrogen (secondary N) is 1. The SMILES string of the molecule is CCC(NS(=O)(=O)c1cc(C)c(OC)cc1C)c1ccc(C)cc1C. The van der Waals surface area contributed by atoms with Gasteiger partial charge in [0.25, 0.3) is 0 Å². The molecule has 0 amide bonds. The highest BCUT2D eigenvalue weighted by molar-refractivity contribution is 7.89. The van der Waals surface area contributed by atoms with Gasteiger partial charge in [-0.05, 0) is 68.5 Å². The molecule has 0 spiro atoms. The van der Waals surface area contributed by atoms with Crippen molar-refractivity contribution in [3.8, 4) is 5.75 Å². The average Bonchev–Trinajstić information content (AvgIpc) is 2.54. The van der Waals surface area contributed by atoms with Crippen LogP contribution in [0.5, 0.6) is 5.75 Å². The van der Waals surface area contributed by atoms with Crippen LogP contribution >= 0.6 is 0 Å². The van der Waals surface area contributed by atoms with E-state index in [4.69, 9.17) is 4.74 Å². The van der Waals surface area contributed by atoms with Gasteiger partial charge in [0.15, 0.2) is 0 Å². The van der Waals surface area contributed by atoms with Gasteiger partial charge in [0, 0.05) is 6.04 Å². The zero-order chi connectivity index (χ0) is 18.8. The van der Waals surface area contributed by atoms with Crippen LogP contribution in [0, 0.1) is 27.7 Å². The molecule has 136 valence electrons. The van der Waals surface area contributed by atoms with Crippen molar-refractivity contribution < 1.29 is 13.2 Å². The largest absolute Gasteiger partial charge is 0.496 e. The second kappa shape index (κ2) is 7.58. The van der Waals surface area contributed by atoms with Crippen LogP contribution in [0.15, 0.2) is 35.2 Å². The van der Waals surface area contributed by atoms with E-state index < -0.39 is 10.0 Å². The quantitative estimate of drug-likeness (QED) is 0.832. The van der Waals surface area contributed by atoms with Gasteiger partial charge in [-0.1, -0.05) is 30.7 Å². The molecular weight excluding hydrogens is 334 g/mol. The predicted octanol–water partition coefficient (Wildman–Crippen LogP) is 4.36. The number of hydrogen-bond acceptors (Lipinski definition) is 3. The zero-order valence-electron chi connectivity index (χ0n) is 15.8. The smallest absolute Gasteiger partial charge is 0.241 e. The van der Waals surface area contributed by atoms with Crippen LogP contribution in [0.1, 0.15) is 47.2 Å². The number of ether oxygens (including phenoxy) is 1. The van der Waals surface area contributed by atoms with Gasteiger partial charge in [-0.25, -0.2) is 13.1 Å². The Labute approximate surface area is 151 Å². The number of hydrogen-bond donors (Lipinski definition) is 1. The van der Waals surface area contributed by atoms with E-state index in [-0.39, 0.29) is 6.04 Å². The fourth-order valence-corrected chi connectivity index (χ4v) is 4.72. The second-order valence-corrected chi connectivity index (χ2v) is 8.21. The summed E-state index contributed by atoms with van der Waals surface area (Å²) in [4.78, 5) is 0.300. The van der Waals surface area contributed by atoms with Crippen molar-refractivity contribution in [3.63, 3.8) is 0 Å². The van der Waals surface area contributed by atoms with Crippen molar-refractivity contribution in [2.75, 3.05) is 7.11 Å². The first-order valence-electron chi connectivity index (χ1n) is 8.44. The van der Waals surface area contributed by atoms with Crippen molar-refractivity contribution in [2.45, 2.75) is 52.0 Å². The van der Waals surface area contributed by atoms with Gasteiger partial charge < -0.3 is 4.74 Å². The normalized spacial score (nSPS) is 12.9. The molecule has 5 heteroatoms. The minimum Gasteiger partial charge on any atom is -0.496 e. The molecule has 1 N–H and O–H groups in total. The molecular formula is C20H27NO3S. The molecule has 2 aromatic rings. The Morgan fingerprint density at radius 1 is 1.00 bits per heavy atom. The van der Waals surface area contributed by atoms with E-state index >= 15 is 0 Å². The summed E-state index contributed by atoms with van der Waals surface area (Å²) in [5.41, 5.74) is 4.75. The first-order chi connectivity index (χ1) is 11.7. The van der Waals surface area contributed by atoms with Gasteiger partial charge in [-0.2, -0.15) is 0 Å². The van der Waals surface area contributed by atoms with E-state index in [1.54, 1.807) is 26.2 Å². The highest BCUT2D eigenvalue weighted by atomic mass is 32.2. The van der Waals surface area contributed by atoms with E-state index in [9.17, 15) is 8.42 Å². The summed E-state index contributed by atoms with van der Waals surface area (Å²) in [6.07, 6.45) is 0.678. The highest BCUT2D eigenvalue weighted by Gasteiger charge is 2.24. The van der Waals surface area contributed by atoms with Crippen LogP contribution in [-0.4, -0.2) is 15.5 Å². The minimum absolute atomic E-state index is 0.257. The van der Waals surface area contributed by atoms with E-state index in [1.165, 1.54) is 5.56 Å². The minimum atomic E-state index is -3.63. The summed E-state index contributed by atoms with van der Waals surface area (Å²) in [5, 5.41) is 0.